The minimum absolute atomic E-state index is 0.0369. The molecular weight excluding hydrogens is 729 g/mol. The molecule has 1 unspecified atom stereocenters. The molecule has 4 fully saturated rings. The molecule has 0 spiro atoms. The van der Waals surface area contributed by atoms with Gasteiger partial charge in [0, 0.05) is 62.5 Å². The number of ether oxygens (including phenoxy) is 2. The summed E-state index contributed by atoms with van der Waals surface area (Å²) in [5.74, 6) is -0.133. The Balaban J connectivity index is 0.788. The van der Waals surface area contributed by atoms with Gasteiger partial charge in [-0.05, 0) is 101 Å². The molecule has 4 aromatic rings. The zero-order valence-electron chi connectivity index (χ0n) is 31.3. The van der Waals surface area contributed by atoms with Crippen LogP contribution in [0.5, 0.6) is 5.75 Å². The van der Waals surface area contributed by atoms with Crippen molar-refractivity contribution in [3.8, 4) is 5.75 Å². The van der Waals surface area contributed by atoms with E-state index >= 15 is 8.78 Å². The molecule has 12 nitrogen and oxygen atoms in total. The molecule has 294 valence electrons. The number of carbonyl (C=O) groups is 2. The maximum atomic E-state index is 15.6. The molecular formula is C40H49F2N7O5S. The van der Waals surface area contributed by atoms with E-state index < -0.39 is 17.3 Å². The van der Waals surface area contributed by atoms with E-state index in [0.717, 1.165) is 96.5 Å². The Bertz CT molecular complexity index is 2100. The van der Waals surface area contributed by atoms with Gasteiger partial charge in [-0.1, -0.05) is 0 Å². The normalized spacial score (nSPS) is 21.5. The lowest BCUT2D eigenvalue weighted by atomic mass is 9.87. The summed E-state index contributed by atoms with van der Waals surface area (Å²) in [6, 6.07) is 6.41. The molecule has 6 heterocycles. The molecule has 1 atom stereocenters. The summed E-state index contributed by atoms with van der Waals surface area (Å²) in [6.45, 7) is 7.67. The Morgan fingerprint density at radius 1 is 0.909 bits per heavy atom. The number of H-pyrrole nitrogens is 1. The number of fused-ring (bicyclic) bond motifs is 2. The average molecular weight is 778 g/mol. The number of hydrogen-bond acceptors (Lipinski definition) is 10. The van der Waals surface area contributed by atoms with E-state index in [1.54, 1.807) is 22.5 Å². The quantitative estimate of drug-likeness (QED) is 0.201. The van der Waals surface area contributed by atoms with Gasteiger partial charge < -0.3 is 24.3 Å². The second-order valence-electron chi connectivity index (χ2n) is 15.5. The van der Waals surface area contributed by atoms with Crippen LogP contribution in [0, 0.1) is 17.6 Å². The highest BCUT2D eigenvalue weighted by atomic mass is 32.2. The zero-order chi connectivity index (χ0) is 38.1. The number of nitrogens with one attached hydrogen (secondary N) is 2. The number of benzene rings is 2. The third-order valence-electron chi connectivity index (χ3n) is 11.9. The average Bonchev–Trinajstić information content (AvgIpc) is 3.49. The zero-order valence-corrected chi connectivity index (χ0v) is 32.1. The summed E-state index contributed by atoms with van der Waals surface area (Å²) in [5.41, 5.74) is 1.89. The van der Waals surface area contributed by atoms with Crippen molar-refractivity contribution in [1.29, 1.82) is 0 Å². The second kappa shape index (κ2) is 16.7. The number of aromatic amines is 1. The lowest BCUT2D eigenvalue weighted by molar-refractivity contribution is -0.134. The van der Waals surface area contributed by atoms with E-state index in [-0.39, 0.29) is 35.4 Å². The molecule has 4 aliphatic heterocycles. The van der Waals surface area contributed by atoms with E-state index in [9.17, 15) is 14.4 Å². The standard InChI is InChI=1S/C40H49F2N7O5S/c1-47-34-21-29(31(41)20-30(34)38(46-47)28-2-3-36(50)45-39(28)51)25-6-12-49(13-7-25)15-14-48-10-4-24(5-11-48)22-54-26-18-32(42)37-33(19-26)43-35(44-40(37)52)23-55-27-8-16-53-17-9-27/h18-21,24-25,27-28H,2-17,22-23H2,1H3,(H,43,44,52)(H,45,50,51). The first-order valence-electron chi connectivity index (χ1n) is 19.7. The van der Waals surface area contributed by atoms with Gasteiger partial charge in [0.2, 0.25) is 11.8 Å². The first-order valence-corrected chi connectivity index (χ1v) is 20.7. The van der Waals surface area contributed by atoms with Crippen LogP contribution in [-0.4, -0.2) is 106 Å². The third kappa shape index (κ3) is 8.59. The van der Waals surface area contributed by atoms with Gasteiger partial charge in [-0.2, -0.15) is 16.9 Å². The highest BCUT2D eigenvalue weighted by Gasteiger charge is 2.33. The largest absolute Gasteiger partial charge is 0.493 e. The van der Waals surface area contributed by atoms with Crippen LogP contribution in [0.4, 0.5) is 8.78 Å². The van der Waals surface area contributed by atoms with Crippen LogP contribution in [-0.2, 0) is 27.1 Å². The fourth-order valence-corrected chi connectivity index (χ4v) is 9.68. The fourth-order valence-electron chi connectivity index (χ4n) is 8.63. The van der Waals surface area contributed by atoms with Gasteiger partial charge in [0.15, 0.2) is 0 Å². The molecule has 0 radical (unpaired) electrons. The van der Waals surface area contributed by atoms with E-state index in [1.807, 2.05) is 13.1 Å². The predicted octanol–water partition coefficient (Wildman–Crippen LogP) is 4.99. The van der Waals surface area contributed by atoms with Crippen LogP contribution in [0.15, 0.2) is 29.1 Å². The molecule has 4 aliphatic rings. The first kappa shape index (κ1) is 38.0. The van der Waals surface area contributed by atoms with Crippen LogP contribution >= 0.6 is 11.8 Å². The lowest BCUT2D eigenvalue weighted by Crippen LogP contribution is -2.42. The van der Waals surface area contributed by atoms with Crippen molar-refractivity contribution in [2.45, 2.75) is 74.2 Å². The van der Waals surface area contributed by atoms with Crippen molar-refractivity contribution >= 4 is 45.4 Å². The van der Waals surface area contributed by atoms with Crippen LogP contribution in [0.1, 0.15) is 80.3 Å². The number of amides is 2. The number of carbonyl (C=O) groups excluding carboxylic acids is 2. The van der Waals surface area contributed by atoms with Gasteiger partial charge >= 0.3 is 0 Å². The molecule has 2 N–H and O–H groups in total. The van der Waals surface area contributed by atoms with Gasteiger partial charge in [0.1, 0.15) is 28.6 Å². The molecule has 8 rings (SSSR count). The highest BCUT2D eigenvalue weighted by Crippen LogP contribution is 2.36. The second-order valence-corrected chi connectivity index (χ2v) is 16.8. The maximum absolute atomic E-state index is 15.6. The molecule has 55 heavy (non-hydrogen) atoms. The molecule has 15 heteroatoms. The molecule has 0 saturated carbocycles. The summed E-state index contributed by atoms with van der Waals surface area (Å²) in [7, 11) is 1.82. The number of aromatic nitrogens is 4. The lowest BCUT2D eigenvalue weighted by Gasteiger charge is -2.36. The molecule has 0 aliphatic carbocycles. The topological polar surface area (TPSA) is 135 Å². The molecule has 0 bridgehead atoms. The number of imide groups is 1. The van der Waals surface area contributed by atoms with Gasteiger partial charge in [0.25, 0.3) is 5.56 Å². The van der Waals surface area contributed by atoms with Crippen LogP contribution in [0.2, 0.25) is 0 Å². The van der Waals surface area contributed by atoms with Gasteiger partial charge in [-0.3, -0.25) is 24.4 Å². The highest BCUT2D eigenvalue weighted by molar-refractivity contribution is 7.99. The number of piperidine rings is 3. The van der Waals surface area contributed by atoms with Crippen molar-refractivity contribution in [3.63, 3.8) is 0 Å². The van der Waals surface area contributed by atoms with Crippen LogP contribution < -0.4 is 15.6 Å². The van der Waals surface area contributed by atoms with Gasteiger partial charge in [0.05, 0.1) is 35.0 Å². The summed E-state index contributed by atoms with van der Waals surface area (Å²) in [5, 5.41) is 8.04. The smallest absolute Gasteiger partial charge is 0.261 e. The third-order valence-corrected chi connectivity index (χ3v) is 13.3. The van der Waals surface area contributed by atoms with E-state index in [2.05, 4.69) is 30.2 Å². The van der Waals surface area contributed by atoms with Crippen LogP contribution in [0.25, 0.3) is 21.8 Å². The molecule has 2 aromatic heterocycles. The number of nitrogens with zero attached hydrogens (tertiary/aromatic N) is 5. The summed E-state index contributed by atoms with van der Waals surface area (Å²) in [6.07, 6.45) is 6.30. The molecule has 4 saturated heterocycles. The Hall–Kier alpha value is -3.92. The summed E-state index contributed by atoms with van der Waals surface area (Å²) < 4.78 is 43.9. The van der Waals surface area contributed by atoms with E-state index in [1.165, 1.54) is 12.1 Å². The van der Waals surface area contributed by atoms with Crippen molar-refractivity contribution in [2.75, 3.05) is 59.1 Å². The fraction of sp³-hybridized carbons (Fsp3) is 0.575. The van der Waals surface area contributed by atoms with Crippen molar-refractivity contribution in [2.24, 2.45) is 13.0 Å². The predicted molar refractivity (Wildman–Crippen MR) is 206 cm³/mol. The minimum Gasteiger partial charge on any atom is -0.493 e. The summed E-state index contributed by atoms with van der Waals surface area (Å²) >= 11 is 1.75. The Labute approximate surface area is 322 Å². The molecule has 2 amide bonds. The Kier molecular flexibility index (Phi) is 11.5. The van der Waals surface area contributed by atoms with E-state index in [0.29, 0.717) is 63.7 Å². The number of aryl methyl sites for hydroxylation is 1. The number of halogens is 2. The number of thioether (sulfide) groups is 1. The van der Waals surface area contributed by atoms with Crippen molar-refractivity contribution < 1.29 is 27.8 Å². The first-order chi connectivity index (χ1) is 26.7. The Morgan fingerprint density at radius 3 is 2.36 bits per heavy atom. The van der Waals surface area contributed by atoms with Crippen LogP contribution in [0.3, 0.4) is 0 Å². The van der Waals surface area contributed by atoms with Gasteiger partial charge in [-0.25, -0.2) is 13.8 Å². The van der Waals surface area contributed by atoms with E-state index in [4.69, 9.17) is 9.47 Å². The SMILES string of the molecule is Cn1nc(C2CCC(=O)NC2=O)c2cc(F)c(C3CCN(CCN4CCC(COc5cc(F)c6c(=O)[nH]c(CSC7CCOCC7)nc6c5)CC4)CC3)cc21. The summed E-state index contributed by atoms with van der Waals surface area (Å²) in [4.78, 5) is 49.2. The van der Waals surface area contributed by atoms with Crippen molar-refractivity contribution in [1.82, 2.24) is 34.9 Å². The molecule has 2 aromatic carbocycles. The Morgan fingerprint density at radius 2 is 1.64 bits per heavy atom. The van der Waals surface area contributed by atoms with Crippen molar-refractivity contribution in [3.05, 3.63) is 63.3 Å². The maximum Gasteiger partial charge on any atom is 0.261 e. The minimum atomic E-state index is -0.621. The number of hydrogen-bond donors (Lipinski definition) is 2. The monoisotopic (exact) mass is 777 g/mol. The number of likely N-dealkylation sites (tertiary alicyclic amines) is 2. The number of rotatable bonds is 11. The van der Waals surface area contributed by atoms with Gasteiger partial charge in [-0.15, -0.1) is 0 Å².